The van der Waals surface area contributed by atoms with E-state index in [-0.39, 0.29) is 23.3 Å². The minimum Gasteiger partial charge on any atom is -0.508 e. The Labute approximate surface area is 114 Å². The molecule has 0 radical (unpaired) electrons. The number of hydrogen-bond acceptors (Lipinski definition) is 4. The molecule has 0 fully saturated rings. The number of phenols is 1. The molecule has 4 rings (SSSR count). The van der Waals surface area contributed by atoms with Crippen LogP contribution in [-0.4, -0.2) is 21.8 Å². The Hall–Kier alpha value is -2.43. The Morgan fingerprint density at radius 2 is 2.10 bits per heavy atom. The zero-order valence-corrected chi connectivity index (χ0v) is 10.6. The molecule has 2 atom stereocenters. The van der Waals surface area contributed by atoms with Crippen LogP contribution in [0.15, 0.2) is 29.1 Å². The number of rotatable bonds is 0. The highest BCUT2D eigenvalue weighted by molar-refractivity contribution is 5.51. The summed E-state index contributed by atoms with van der Waals surface area (Å²) in [4.78, 5) is 14.4. The van der Waals surface area contributed by atoms with E-state index in [0.29, 0.717) is 12.4 Å². The van der Waals surface area contributed by atoms with Gasteiger partial charge in [0.1, 0.15) is 11.5 Å². The number of phenolic OH excluding ortho intramolecular Hbond substituents is 1. The van der Waals surface area contributed by atoms with E-state index in [1.165, 1.54) is 0 Å². The Balaban J connectivity index is 1.92. The van der Waals surface area contributed by atoms with Crippen molar-refractivity contribution >= 4 is 0 Å². The van der Waals surface area contributed by atoms with Crippen LogP contribution in [0, 0.1) is 5.92 Å². The van der Waals surface area contributed by atoms with Crippen molar-refractivity contribution in [2.45, 2.75) is 12.3 Å². The molecule has 102 valence electrons. The van der Waals surface area contributed by atoms with Crippen molar-refractivity contribution < 1.29 is 14.9 Å². The Morgan fingerprint density at radius 1 is 1.25 bits per heavy atom. The average Bonchev–Trinajstić information content (AvgIpc) is 2.77. The topological polar surface area (TPSA) is 82.6 Å². The van der Waals surface area contributed by atoms with Gasteiger partial charge in [0.15, 0.2) is 5.75 Å². The molecule has 20 heavy (non-hydrogen) atoms. The number of fused-ring (bicyclic) bond motifs is 5. The van der Waals surface area contributed by atoms with Gasteiger partial charge in [0, 0.05) is 29.2 Å². The number of hydrogen-bond donors (Lipinski definition) is 3. The van der Waals surface area contributed by atoms with E-state index in [2.05, 4.69) is 4.98 Å². The first-order chi connectivity index (χ1) is 9.63. The monoisotopic (exact) mass is 271 g/mol. The summed E-state index contributed by atoms with van der Waals surface area (Å²) in [7, 11) is 0. The molecular formula is C15H13NO4. The molecule has 1 aromatic heterocycles. The number of nitrogens with one attached hydrogen (secondary N) is 1. The maximum absolute atomic E-state index is 11.6. The number of aromatic hydroxyl groups is 2. The summed E-state index contributed by atoms with van der Waals surface area (Å²) in [5, 5.41) is 19.1. The van der Waals surface area contributed by atoms with Gasteiger partial charge in [-0.05, 0) is 24.1 Å². The molecule has 0 saturated heterocycles. The van der Waals surface area contributed by atoms with E-state index >= 15 is 0 Å². The van der Waals surface area contributed by atoms with Crippen LogP contribution < -0.4 is 10.3 Å². The Morgan fingerprint density at radius 3 is 2.95 bits per heavy atom. The first kappa shape index (κ1) is 11.4. The van der Waals surface area contributed by atoms with Gasteiger partial charge in [0.05, 0.1) is 6.61 Å². The summed E-state index contributed by atoms with van der Waals surface area (Å²) in [5.41, 5.74) is 2.32. The van der Waals surface area contributed by atoms with Gasteiger partial charge in [-0.1, -0.05) is 6.07 Å². The molecule has 1 aliphatic heterocycles. The highest BCUT2D eigenvalue weighted by atomic mass is 16.5. The van der Waals surface area contributed by atoms with Gasteiger partial charge >= 0.3 is 0 Å². The highest BCUT2D eigenvalue weighted by Gasteiger charge is 2.39. The van der Waals surface area contributed by atoms with Crippen molar-refractivity contribution in [2.75, 3.05) is 6.61 Å². The van der Waals surface area contributed by atoms with Crippen molar-refractivity contribution in [3.8, 4) is 17.2 Å². The second-order valence-electron chi connectivity index (χ2n) is 5.40. The van der Waals surface area contributed by atoms with Crippen molar-refractivity contribution in [1.82, 2.24) is 4.98 Å². The van der Waals surface area contributed by atoms with E-state index in [9.17, 15) is 15.0 Å². The van der Waals surface area contributed by atoms with Crippen molar-refractivity contribution in [3.63, 3.8) is 0 Å². The Kier molecular flexibility index (Phi) is 2.16. The maximum atomic E-state index is 11.6. The SMILES string of the molecule is O=c1[nH]c2c(cc1O)CC1COc3cc(O)ccc3[C@@H]21. The van der Waals surface area contributed by atoms with Gasteiger partial charge in [-0.15, -0.1) is 0 Å². The van der Waals surface area contributed by atoms with Crippen LogP contribution in [0.2, 0.25) is 0 Å². The smallest absolute Gasteiger partial charge is 0.290 e. The molecule has 1 aromatic carbocycles. The van der Waals surface area contributed by atoms with E-state index in [1.54, 1.807) is 18.2 Å². The van der Waals surface area contributed by atoms with E-state index < -0.39 is 5.56 Å². The second kappa shape index (κ2) is 3.79. The first-order valence-electron chi connectivity index (χ1n) is 6.54. The fourth-order valence-corrected chi connectivity index (χ4v) is 3.32. The minimum atomic E-state index is -0.462. The number of H-pyrrole nitrogens is 1. The molecule has 2 aliphatic rings. The molecule has 0 bridgehead atoms. The van der Waals surface area contributed by atoms with E-state index in [1.807, 2.05) is 6.07 Å². The number of ether oxygens (including phenoxy) is 1. The summed E-state index contributed by atoms with van der Waals surface area (Å²) in [6.45, 7) is 0.540. The van der Waals surface area contributed by atoms with Crippen LogP contribution in [0.4, 0.5) is 0 Å². The van der Waals surface area contributed by atoms with Gasteiger partial charge in [-0.3, -0.25) is 4.79 Å². The largest absolute Gasteiger partial charge is 0.508 e. The van der Waals surface area contributed by atoms with E-state index in [4.69, 9.17) is 4.74 Å². The third kappa shape index (κ3) is 1.46. The highest BCUT2D eigenvalue weighted by Crippen LogP contribution is 2.48. The lowest BCUT2D eigenvalue weighted by Crippen LogP contribution is -2.24. The summed E-state index contributed by atoms with van der Waals surface area (Å²) in [6, 6.07) is 6.61. The summed E-state index contributed by atoms with van der Waals surface area (Å²) in [6.07, 6.45) is 0.769. The van der Waals surface area contributed by atoms with Gasteiger partial charge in [0.2, 0.25) is 0 Å². The zero-order valence-electron chi connectivity index (χ0n) is 10.6. The Bertz CT molecular complexity index is 765. The fraction of sp³-hybridized carbons (Fsp3) is 0.267. The molecule has 0 saturated carbocycles. The number of aromatic nitrogens is 1. The fourth-order valence-electron chi connectivity index (χ4n) is 3.32. The molecule has 1 unspecified atom stereocenters. The molecular weight excluding hydrogens is 258 g/mol. The standard InChI is InChI=1S/C15H13NO4/c17-9-1-2-10-12(5-9)20-6-8-3-7-4-11(18)15(19)16-14(7)13(8)10/h1-2,4-5,8,13,17-18H,3,6H2,(H,16,19)/t8?,13-/m0/s1. The number of benzene rings is 1. The molecule has 5 nitrogen and oxygen atoms in total. The van der Waals surface area contributed by atoms with Gasteiger partial charge in [0.25, 0.3) is 5.56 Å². The minimum absolute atomic E-state index is 0.0580. The second-order valence-corrected chi connectivity index (χ2v) is 5.40. The van der Waals surface area contributed by atoms with Crippen LogP contribution in [0.1, 0.15) is 22.7 Å². The average molecular weight is 271 g/mol. The molecule has 2 aromatic rings. The maximum Gasteiger partial charge on any atom is 0.290 e. The van der Waals surface area contributed by atoms with E-state index in [0.717, 1.165) is 23.2 Å². The third-order valence-electron chi connectivity index (χ3n) is 4.19. The number of pyridine rings is 1. The lowest BCUT2D eigenvalue weighted by atomic mass is 9.86. The molecule has 2 heterocycles. The van der Waals surface area contributed by atoms with Crippen molar-refractivity contribution in [1.29, 1.82) is 0 Å². The summed E-state index contributed by atoms with van der Waals surface area (Å²) >= 11 is 0. The predicted octanol–water partition coefficient (Wildman–Crippen LogP) is 1.48. The van der Waals surface area contributed by atoms with Crippen LogP contribution >= 0.6 is 0 Å². The predicted molar refractivity (Wildman–Crippen MR) is 71.4 cm³/mol. The zero-order chi connectivity index (χ0) is 13.9. The lowest BCUT2D eigenvalue weighted by molar-refractivity contribution is 0.213. The van der Waals surface area contributed by atoms with Crippen LogP contribution in [0.5, 0.6) is 17.2 Å². The molecule has 0 spiro atoms. The summed E-state index contributed by atoms with van der Waals surface area (Å²) < 4.78 is 5.70. The van der Waals surface area contributed by atoms with Crippen molar-refractivity contribution in [3.05, 3.63) is 51.4 Å². The molecule has 1 aliphatic carbocycles. The normalized spacial score (nSPS) is 22.6. The van der Waals surface area contributed by atoms with Crippen molar-refractivity contribution in [2.24, 2.45) is 5.92 Å². The first-order valence-corrected chi connectivity index (χ1v) is 6.54. The number of aromatic amines is 1. The van der Waals surface area contributed by atoms with Crippen LogP contribution in [0.25, 0.3) is 0 Å². The molecule has 3 N–H and O–H groups in total. The van der Waals surface area contributed by atoms with Gasteiger partial charge < -0.3 is 19.9 Å². The quantitative estimate of drug-likeness (QED) is 0.678. The lowest BCUT2D eigenvalue weighted by Gasteiger charge is -2.28. The van der Waals surface area contributed by atoms with Gasteiger partial charge in [-0.25, -0.2) is 0 Å². The summed E-state index contributed by atoms with van der Waals surface area (Å²) in [5.74, 6) is 0.893. The third-order valence-corrected chi connectivity index (χ3v) is 4.19. The molecule has 5 heteroatoms. The van der Waals surface area contributed by atoms with Crippen LogP contribution in [-0.2, 0) is 6.42 Å². The van der Waals surface area contributed by atoms with Crippen LogP contribution in [0.3, 0.4) is 0 Å². The molecule has 0 amide bonds. The van der Waals surface area contributed by atoms with Gasteiger partial charge in [-0.2, -0.15) is 0 Å².